The summed E-state index contributed by atoms with van der Waals surface area (Å²) >= 11 is 0. The minimum atomic E-state index is -3.34. The van der Waals surface area contributed by atoms with Gasteiger partial charge in [0.2, 0.25) is 0 Å². The number of rotatable bonds is 4. The molecule has 7 nitrogen and oxygen atoms in total. The first kappa shape index (κ1) is 17.2. The Kier molecular flexibility index (Phi) is 5.09. The Bertz CT molecular complexity index is 809. The fourth-order valence-corrected chi connectivity index (χ4v) is 4.00. The third-order valence-corrected chi connectivity index (χ3v) is 6.16. The molecule has 130 valence electrons. The zero-order chi connectivity index (χ0) is 17.2. The number of hydrogen-bond donors (Lipinski definition) is 0. The van der Waals surface area contributed by atoms with Crippen LogP contribution in [0.25, 0.3) is 11.0 Å². The molecule has 1 fully saturated rings. The number of aromatic nitrogens is 2. The van der Waals surface area contributed by atoms with E-state index >= 15 is 0 Å². The van der Waals surface area contributed by atoms with Crippen LogP contribution in [0.5, 0.6) is 0 Å². The predicted octanol–water partition coefficient (Wildman–Crippen LogP) is 0.944. The molecule has 1 aromatic heterocycles. The van der Waals surface area contributed by atoms with E-state index in [1.165, 1.54) is 4.31 Å². The van der Waals surface area contributed by atoms with Crippen LogP contribution in [0.2, 0.25) is 0 Å². The van der Waals surface area contributed by atoms with Gasteiger partial charge in [-0.15, -0.1) is 0 Å². The molecule has 24 heavy (non-hydrogen) atoms. The van der Waals surface area contributed by atoms with Crippen LogP contribution in [0.4, 0.5) is 0 Å². The van der Waals surface area contributed by atoms with Crippen LogP contribution in [0.3, 0.4) is 0 Å². The van der Waals surface area contributed by atoms with Crippen molar-refractivity contribution < 1.29 is 8.42 Å². The second kappa shape index (κ2) is 7.10. The van der Waals surface area contributed by atoms with Crippen molar-refractivity contribution in [2.24, 2.45) is 0 Å². The Morgan fingerprint density at radius 1 is 1.08 bits per heavy atom. The second-order valence-corrected chi connectivity index (χ2v) is 8.31. The van der Waals surface area contributed by atoms with Crippen molar-refractivity contribution in [2.75, 3.05) is 40.3 Å². The third-order valence-electron chi connectivity index (χ3n) is 4.22. The van der Waals surface area contributed by atoms with E-state index in [0.29, 0.717) is 26.2 Å². The van der Waals surface area contributed by atoms with Gasteiger partial charge in [0.1, 0.15) is 0 Å². The average Bonchev–Trinajstić information content (AvgIpc) is 2.80. The van der Waals surface area contributed by atoms with E-state index in [0.717, 1.165) is 29.7 Å². The van der Waals surface area contributed by atoms with E-state index in [9.17, 15) is 8.42 Å². The van der Waals surface area contributed by atoms with Gasteiger partial charge in [-0.1, -0.05) is 12.1 Å². The van der Waals surface area contributed by atoms with Gasteiger partial charge < -0.3 is 0 Å². The highest BCUT2D eigenvalue weighted by Gasteiger charge is 2.26. The molecule has 0 bridgehead atoms. The minimum absolute atomic E-state index is 0.502. The van der Waals surface area contributed by atoms with Crippen LogP contribution in [0, 0.1) is 0 Å². The van der Waals surface area contributed by atoms with E-state index in [-0.39, 0.29) is 0 Å². The lowest BCUT2D eigenvalue weighted by Crippen LogP contribution is -2.42. The van der Waals surface area contributed by atoms with E-state index in [4.69, 9.17) is 0 Å². The fourth-order valence-electron chi connectivity index (χ4n) is 2.87. The third kappa shape index (κ3) is 3.72. The summed E-state index contributed by atoms with van der Waals surface area (Å²) in [5.41, 5.74) is 2.69. The van der Waals surface area contributed by atoms with Crippen molar-refractivity contribution >= 4 is 21.2 Å². The molecule has 1 aromatic carbocycles. The van der Waals surface area contributed by atoms with E-state index < -0.39 is 10.2 Å². The Hall–Kier alpha value is -1.61. The first-order chi connectivity index (χ1) is 11.5. The standard InChI is InChI=1S/C16H23N5O2S/c1-19(2)24(22,23)21-9-5-8-20(10-11-21)13-14-12-17-15-6-3-4-7-16(15)18-14/h3-4,6-7,12H,5,8-11,13H2,1-2H3. The summed E-state index contributed by atoms with van der Waals surface area (Å²) in [5, 5.41) is 0. The Morgan fingerprint density at radius 3 is 2.58 bits per heavy atom. The Morgan fingerprint density at radius 2 is 1.83 bits per heavy atom. The van der Waals surface area contributed by atoms with Gasteiger partial charge in [-0.3, -0.25) is 9.88 Å². The number of benzene rings is 1. The van der Waals surface area contributed by atoms with Crippen molar-refractivity contribution in [3.8, 4) is 0 Å². The second-order valence-electron chi connectivity index (χ2n) is 6.17. The molecule has 0 saturated carbocycles. The van der Waals surface area contributed by atoms with Crippen LogP contribution >= 0.6 is 0 Å². The normalized spacial score (nSPS) is 18.1. The summed E-state index contributed by atoms with van der Waals surface area (Å²) in [6.07, 6.45) is 2.62. The number of hydrogen-bond acceptors (Lipinski definition) is 5. The summed E-state index contributed by atoms with van der Waals surface area (Å²) in [7, 11) is -0.192. The molecule has 0 radical (unpaired) electrons. The van der Waals surface area contributed by atoms with Crippen molar-refractivity contribution in [2.45, 2.75) is 13.0 Å². The summed E-state index contributed by atoms with van der Waals surface area (Å²) in [6, 6.07) is 7.81. The summed E-state index contributed by atoms with van der Waals surface area (Å²) < 4.78 is 27.4. The Labute approximate surface area is 143 Å². The highest BCUT2D eigenvalue weighted by molar-refractivity contribution is 7.86. The molecule has 0 atom stereocenters. The van der Waals surface area contributed by atoms with Gasteiger partial charge in [-0.05, 0) is 25.1 Å². The highest BCUT2D eigenvalue weighted by Crippen LogP contribution is 2.14. The topological polar surface area (TPSA) is 69.6 Å². The smallest absolute Gasteiger partial charge is 0.281 e. The maximum Gasteiger partial charge on any atom is 0.281 e. The zero-order valence-electron chi connectivity index (χ0n) is 14.1. The van der Waals surface area contributed by atoms with Crippen molar-refractivity contribution in [1.29, 1.82) is 0 Å². The molecule has 0 spiro atoms. The van der Waals surface area contributed by atoms with Crippen LogP contribution in [-0.2, 0) is 16.8 Å². The maximum atomic E-state index is 12.3. The molecule has 2 aromatic rings. The van der Waals surface area contributed by atoms with Crippen molar-refractivity contribution in [3.05, 3.63) is 36.2 Å². The lowest BCUT2D eigenvalue weighted by Gasteiger charge is -2.24. The lowest BCUT2D eigenvalue weighted by molar-refractivity contribution is 0.274. The first-order valence-corrected chi connectivity index (χ1v) is 9.47. The quantitative estimate of drug-likeness (QED) is 0.822. The van der Waals surface area contributed by atoms with Crippen LogP contribution < -0.4 is 0 Å². The molecule has 3 rings (SSSR count). The molecule has 0 amide bonds. The van der Waals surface area contributed by atoms with Gasteiger partial charge >= 0.3 is 0 Å². The maximum absolute atomic E-state index is 12.3. The summed E-state index contributed by atoms with van der Waals surface area (Å²) in [4.78, 5) is 11.3. The van der Waals surface area contributed by atoms with Gasteiger partial charge in [0, 0.05) is 40.3 Å². The SMILES string of the molecule is CN(C)S(=O)(=O)N1CCCN(Cc2cnc3ccccc3n2)CC1. The molecule has 2 heterocycles. The zero-order valence-corrected chi connectivity index (χ0v) is 14.9. The molecule has 8 heteroatoms. The average molecular weight is 349 g/mol. The molecule has 0 aliphatic carbocycles. The molecule has 1 aliphatic heterocycles. The minimum Gasteiger partial charge on any atom is -0.296 e. The highest BCUT2D eigenvalue weighted by atomic mass is 32.2. The number of fused-ring (bicyclic) bond motifs is 1. The predicted molar refractivity (Wildman–Crippen MR) is 93.6 cm³/mol. The number of nitrogens with zero attached hydrogens (tertiary/aromatic N) is 5. The molecular weight excluding hydrogens is 326 g/mol. The lowest BCUT2D eigenvalue weighted by atomic mass is 10.3. The fraction of sp³-hybridized carbons (Fsp3) is 0.500. The van der Waals surface area contributed by atoms with E-state index in [1.807, 2.05) is 30.5 Å². The molecule has 1 aliphatic rings. The summed E-state index contributed by atoms with van der Waals surface area (Å²) in [6.45, 7) is 3.30. The summed E-state index contributed by atoms with van der Waals surface area (Å²) in [5.74, 6) is 0. The van der Waals surface area contributed by atoms with Crippen LogP contribution in [0.1, 0.15) is 12.1 Å². The van der Waals surface area contributed by atoms with E-state index in [1.54, 1.807) is 18.4 Å². The molecule has 1 saturated heterocycles. The first-order valence-electron chi connectivity index (χ1n) is 8.07. The van der Waals surface area contributed by atoms with Gasteiger partial charge in [0.25, 0.3) is 10.2 Å². The Balaban J connectivity index is 1.68. The van der Waals surface area contributed by atoms with Crippen LogP contribution in [-0.4, -0.2) is 72.2 Å². The van der Waals surface area contributed by atoms with Crippen molar-refractivity contribution in [1.82, 2.24) is 23.5 Å². The molecule has 0 N–H and O–H groups in total. The number of para-hydroxylation sites is 2. The van der Waals surface area contributed by atoms with Gasteiger partial charge in [-0.2, -0.15) is 17.0 Å². The van der Waals surface area contributed by atoms with E-state index in [2.05, 4.69) is 14.9 Å². The largest absolute Gasteiger partial charge is 0.296 e. The van der Waals surface area contributed by atoms with Gasteiger partial charge in [0.05, 0.1) is 22.9 Å². The molecular formula is C16H23N5O2S. The molecule has 0 unspecified atom stereocenters. The van der Waals surface area contributed by atoms with Crippen molar-refractivity contribution in [3.63, 3.8) is 0 Å². The van der Waals surface area contributed by atoms with Gasteiger partial charge in [0.15, 0.2) is 0 Å². The van der Waals surface area contributed by atoms with Gasteiger partial charge in [-0.25, -0.2) is 4.98 Å². The monoisotopic (exact) mass is 349 g/mol. The van der Waals surface area contributed by atoms with Crippen LogP contribution in [0.15, 0.2) is 30.5 Å².